The summed E-state index contributed by atoms with van der Waals surface area (Å²) in [6, 6.07) is 5.10. The Kier molecular flexibility index (Phi) is 2.60. The van der Waals surface area contributed by atoms with Crippen molar-refractivity contribution in [1.29, 1.82) is 0 Å². The van der Waals surface area contributed by atoms with E-state index in [0.29, 0.717) is 16.7 Å². The molecule has 1 aromatic carbocycles. The Morgan fingerprint density at radius 3 is 2.71 bits per heavy atom. The van der Waals surface area contributed by atoms with E-state index in [4.69, 9.17) is 10.2 Å². The van der Waals surface area contributed by atoms with E-state index in [0.717, 1.165) is 0 Å². The van der Waals surface area contributed by atoms with Crippen LogP contribution in [0.25, 0.3) is 11.1 Å². The minimum absolute atomic E-state index is 0.418. The summed E-state index contributed by atoms with van der Waals surface area (Å²) >= 11 is 0. The van der Waals surface area contributed by atoms with E-state index in [9.17, 15) is 9.90 Å². The molecular weight excluding hydrogens is 220 g/mol. The van der Waals surface area contributed by atoms with Crippen molar-refractivity contribution in [3.63, 3.8) is 0 Å². The highest BCUT2D eigenvalue weighted by molar-refractivity contribution is 5.73. The average molecular weight is 236 g/mol. The number of aliphatic hydroxyl groups is 1. The summed E-state index contributed by atoms with van der Waals surface area (Å²) in [5.41, 5.74) is 6.94. The number of aryl methyl sites for hydroxylation is 1. The zero-order valence-electron chi connectivity index (χ0n) is 10.1. The molecule has 1 aromatic heterocycles. The van der Waals surface area contributed by atoms with E-state index in [1.165, 1.54) is 4.57 Å². The van der Waals surface area contributed by atoms with E-state index in [1.807, 2.05) is 0 Å². The van der Waals surface area contributed by atoms with E-state index < -0.39 is 17.4 Å². The Balaban J connectivity index is 2.58. The van der Waals surface area contributed by atoms with Crippen molar-refractivity contribution in [2.75, 3.05) is 0 Å². The van der Waals surface area contributed by atoms with Gasteiger partial charge in [-0.3, -0.25) is 4.57 Å². The molecule has 0 spiro atoms. The number of hydrogen-bond acceptors (Lipinski definition) is 4. The number of nitrogens with zero attached hydrogens (tertiary/aromatic N) is 1. The molecule has 2 rings (SSSR count). The van der Waals surface area contributed by atoms with Crippen LogP contribution in [-0.2, 0) is 7.05 Å². The first kappa shape index (κ1) is 11.9. The van der Waals surface area contributed by atoms with Crippen LogP contribution in [0.3, 0.4) is 0 Å². The summed E-state index contributed by atoms with van der Waals surface area (Å²) < 4.78 is 6.41. The van der Waals surface area contributed by atoms with Crippen LogP contribution in [0.2, 0.25) is 0 Å². The molecule has 5 heteroatoms. The Morgan fingerprint density at radius 1 is 1.47 bits per heavy atom. The molecule has 0 saturated heterocycles. The van der Waals surface area contributed by atoms with Gasteiger partial charge in [0.1, 0.15) is 0 Å². The number of oxazole rings is 1. The predicted molar refractivity (Wildman–Crippen MR) is 64.7 cm³/mol. The van der Waals surface area contributed by atoms with Gasteiger partial charge in [0.2, 0.25) is 0 Å². The van der Waals surface area contributed by atoms with Crippen molar-refractivity contribution >= 4 is 11.1 Å². The van der Waals surface area contributed by atoms with E-state index in [-0.39, 0.29) is 0 Å². The zero-order valence-corrected chi connectivity index (χ0v) is 10.1. The first-order valence-corrected chi connectivity index (χ1v) is 5.37. The smallest absolute Gasteiger partial charge is 0.408 e. The molecule has 0 bridgehead atoms. The van der Waals surface area contributed by atoms with Gasteiger partial charge >= 0.3 is 5.76 Å². The minimum Gasteiger partial charge on any atom is -0.408 e. The van der Waals surface area contributed by atoms with Gasteiger partial charge in [0, 0.05) is 12.6 Å². The maximum atomic E-state index is 11.3. The molecule has 92 valence electrons. The third-order valence-corrected chi connectivity index (χ3v) is 2.84. The molecule has 0 radical (unpaired) electrons. The van der Waals surface area contributed by atoms with Crippen LogP contribution in [0, 0.1) is 0 Å². The van der Waals surface area contributed by atoms with Crippen molar-refractivity contribution < 1.29 is 9.52 Å². The zero-order chi connectivity index (χ0) is 12.8. The SMILES string of the molecule is Cn1c(=O)oc2ccc(C(O)C(C)(C)N)cc21. The number of aromatic nitrogens is 1. The molecule has 1 unspecified atom stereocenters. The normalized spacial score (nSPS) is 14.2. The molecule has 1 heterocycles. The fourth-order valence-electron chi connectivity index (χ4n) is 1.74. The lowest BCUT2D eigenvalue weighted by molar-refractivity contribution is 0.105. The highest BCUT2D eigenvalue weighted by Gasteiger charge is 2.25. The van der Waals surface area contributed by atoms with Gasteiger partial charge in [-0.15, -0.1) is 0 Å². The second-order valence-electron chi connectivity index (χ2n) is 4.88. The van der Waals surface area contributed by atoms with Gasteiger partial charge in [0.25, 0.3) is 0 Å². The summed E-state index contributed by atoms with van der Waals surface area (Å²) in [6.07, 6.45) is -0.795. The predicted octanol–water partition coefficient (Wildman–Crippen LogP) is 0.902. The van der Waals surface area contributed by atoms with Gasteiger partial charge in [0.05, 0.1) is 11.6 Å². The summed E-state index contributed by atoms with van der Waals surface area (Å²) in [7, 11) is 1.62. The van der Waals surface area contributed by atoms with Crippen molar-refractivity contribution in [1.82, 2.24) is 4.57 Å². The number of rotatable bonds is 2. The van der Waals surface area contributed by atoms with Gasteiger partial charge in [-0.05, 0) is 31.5 Å². The molecule has 5 nitrogen and oxygen atoms in total. The maximum absolute atomic E-state index is 11.3. The number of nitrogens with two attached hydrogens (primary N) is 1. The van der Waals surface area contributed by atoms with Gasteiger partial charge < -0.3 is 15.3 Å². The largest absolute Gasteiger partial charge is 0.419 e. The summed E-state index contributed by atoms with van der Waals surface area (Å²) in [6.45, 7) is 3.49. The average Bonchev–Trinajstić information content (AvgIpc) is 2.52. The van der Waals surface area contributed by atoms with E-state index >= 15 is 0 Å². The topological polar surface area (TPSA) is 81.4 Å². The Morgan fingerprint density at radius 2 is 2.12 bits per heavy atom. The number of benzene rings is 1. The van der Waals surface area contributed by atoms with Gasteiger partial charge in [0.15, 0.2) is 5.58 Å². The molecule has 0 aliphatic carbocycles. The molecule has 0 amide bonds. The first-order valence-electron chi connectivity index (χ1n) is 5.37. The van der Waals surface area contributed by atoms with Gasteiger partial charge in [-0.1, -0.05) is 6.07 Å². The first-order chi connectivity index (χ1) is 7.80. The highest BCUT2D eigenvalue weighted by atomic mass is 16.4. The fraction of sp³-hybridized carbons (Fsp3) is 0.417. The van der Waals surface area contributed by atoms with Crippen molar-refractivity contribution in [3.05, 3.63) is 34.3 Å². The van der Waals surface area contributed by atoms with E-state index in [1.54, 1.807) is 39.1 Å². The van der Waals surface area contributed by atoms with Crippen LogP contribution in [0.5, 0.6) is 0 Å². The lowest BCUT2D eigenvalue weighted by Gasteiger charge is -2.26. The van der Waals surface area contributed by atoms with Crippen LogP contribution in [0.1, 0.15) is 25.5 Å². The second kappa shape index (κ2) is 3.72. The van der Waals surface area contributed by atoms with Gasteiger partial charge in [-0.2, -0.15) is 0 Å². The Bertz CT molecular complexity index is 604. The Hall–Kier alpha value is -1.59. The number of fused-ring (bicyclic) bond motifs is 1. The quantitative estimate of drug-likeness (QED) is 0.811. The van der Waals surface area contributed by atoms with Gasteiger partial charge in [-0.25, -0.2) is 4.79 Å². The third kappa shape index (κ3) is 1.99. The molecule has 0 saturated carbocycles. The maximum Gasteiger partial charge on any atom is 0.419 e. The second-order valence-corrected chi connectivity index (χ2v) is 4.88. The summed E-state index contributed by atoms with van der Waals surface area (Å²) in [4.78, 5) is 11.3. The molecule has 2 aromatic rings. The molecule has 3 N–H and O–H groups in total. The lowest BCUT2D eigenvalue weighted by atomic mass is 9.92. The van der Waals surface area contributed by atoms with Crippen LogP contribution < -0.4 is 11.5 Å². The number of hydrogen-bond donors (Lipinski definition) is 2. The van der Waals surface area contributed by atoms with E-state index in [2.05, 4.69) is 0 Å². The lowest BCUT2D eigenvalue weighted by Crippen LogP contribution is -2.39. The van der Waals surface area contributed by atoms with Crippen LogP contribution in [0.15, 0.2) is 27.4 Å². The van der Waals surface area contributed by atoms with Crippen LogP contribution >= 0.6 is 0 Å². The number of aliphatic hydroxyl groups excluding tert-OH is 1. The standard InChI is InChI=1S/C12H16N2O3/c1-12(2,13)10(15)7-4-5-9-8(6-7)14(3)11(16)17-9/h4-6,10,15H,13H2,1-3H3. The summed E-state index contributed by atoms with van der Waals surface area (Å²) in [5, 5.41) is 10.1. The molecule has 0 fully saturated rings. The third-order valence-electron chi connectivity index (χ3n) is 2.84. The molecule has 17 heavy (non-hydrogen) atoms. The Labute approximate surface area is 98.5 Å². The fourth-order valence-corrected chi connectivity index (χ4v) is 1.74. The molecule has 1 atom stereocenters. The molecular formula is C12H16N2O3. The van der Waals surface area contributed by atoms with Crippen molar-refractivity contribution in [2.45, 2.75) is 25.5 Å². The van der Waals surface area contributed by atoms with Crippen LogP contribution in [0.4, 0.5) is 0 Å². The van der Waals surface area contributed by atoms with Crippen molar-refractivity contribution in [2.24, 2.45) is 12.8 Å². The van der Waals surface area contributed by atoms with Crippen molar-refractivity contribution in [3.8, 4) is 0 Å². The molecule has 0 aliphatic heterocycles. The summed E-state index contributed by atoms with van der Waals surface area (Å²) in [5.74, 6) is -0.418. The minimum atomic E-state index is -0.795. The monoisotopic (exact) mass is 236 g/mol. The molecule has 0 aliphatic rings. The van der Waals surface area contributed by atoms with Crippen LogP contribution in [-0.4, -0.2) is 15.2 Å². The highest BCUT2D eigenvalue weighted by Crippen LogP contribution is 2.25.